The van der Waals surface area contributed by atoms with Gasteiger partial charge in [0.05, 0.1) is 16.9 Å². The molecule has 1 aromatic carbocycles. The zero-order valence-corrected chi connectivity index (χ0v) is 12.9. The third-order valence-electron chi connectivity index (χ3n) is 2.95. The number of sulfonamides is 1. The van der Waals surface area contributed by atoms with E-state index in [0.29, 0.717) is 11.4 Å². The van der Waals surface area contributed by atoms with Crippen LogP contribution in [0.5, 0.6) is 0 Å². The smallest absolute Gasteiger partial charge is 0.280 e. The summed E-state index contributed by atoms with van der Waals surface area (Å²) in [5.41, 5.74) is 8.42. The van der Waals surface area contributed by atoms with Crippen molar-refractivity contribution in [3.63, 3.8) is 0 Å². The van der Waals surface area contributed by atoms with Crippen LogP contribution in [0.1, 0.15) is 11.1 Å². The molecule has 0 aliphatic rings. The monoisotopic (exact) mass is 314 g/mol. The Bertz CT molecular complexity index is 749. The normalized spacial score (nSPS) is 11.6. The second kappa shape index (κ2) is 4.99. The van der Waals surface area contributed by atoms with Gasteiger partial charge in [0.15, 0.2) is 5.03 Å². The Labute approximate surface area is 122 Å². The van der Waals surface area contributed by atoms with Gasteiger partial charge in [-0.15, -0.1) is 0 Å². The minimum absolute atomic E-state index is 0.0673. The highest BCUT2D eigenvalue weighted by Crippen LogP contribution is 2.27. The number of nitrogen functional groups attached to an aromatic ring is 1. The van der Waals surface area contributed by atoms with Crippen LogP contribution < -0.4 is 10.5 Å². The van der Waals surface area contributed by atoms with Gasteiger partial charge < -0.3 is 5.73 Å². The number of hydrogen-bond donors (Lipinski definition) is 2. The third kappa shape index (κ3) is 2.59. The Kier molecular flexibility index (Phi) is 3.66. The standard InChI is InChI=1S/C12H15ClN4O2S/c1-7-4-8(2)11(5-10(7)14)16-20(18,19)12-9(13)6-15-17(12)3/h4-6,16H,14H2,1-3H3. The van der Waals surface area contributed by atoms with Crippen molar-refractivity contribution in [2.24, 2.45) is 7.05 Å². The Morgan fingerprint density at radius 2 is 1.95 bits per heavy atom. The Morgan fingerprint density at radius 3 is 2.50 bits per heavy atom. The highest BCUT2D eigenvalue weighted by atomic mass is 35.5. The summed E-state index contributed by atoms with van der Waals surface area (Å²) in [6.45, 7) is 3.66. The first-order valence-electron chi connectivity index (χ1n) is 5.79. The van der Waals surface area contributed by atoms with Gasteiger partial charge in [-0.2, -0.15) is 13.5 Å². The molecule has 0 spiro atoms. The lowest BCUT2D eigenvalue weighted by atomic mass is 10.1. The van der Waals surface area contributed by atoms with Gasteiger partial charge in [0.1, 0.15) is 0 Å². The van der Waals surface area contributed by atoms with E-state index in [2.05, 4.69) is 9.82 Å². The molecule has 0 aliphatic carbocycles. The van der Waals surface area contributed by atoms with Crippen LogP contribution in [0.15, 0.2) is 23.4 Å². The Hall–Kier alpha value is -1.73. The molecule has 0 saturated heterocycles. The summed E-state index contributed by atoms with van der Waals surface area (Å²) in [6.07, 6.45) is 1.28. The minimum Gasteiger partial charge on any atom is -0.398 e. The number of aryl methyl sites for hydroxylation is 3. The van der Waals surface area contributed by atoms with Crippen LogP contribution in [0, 0.1) is 13.8 Å². The summed E-state index contributed by atoms with van der Waals surface area (Å²) in [7, 11) is -2.31. The van der Waals surface area contributed by atoms with E-state index in [1.165, 1.54) is 17.9 Å². The molecule has 0 amide bonds. The second-order valence-electron chi connectivity index (χ2n) is 4.55. The highest BCUT2D eigenvalue weighted by Gasteiger charge is 2.23. The molecule has 1 heterocycles. The van der Waals surface area contributed by atoms with Gasteiger partial charge in [-0.3, -0.25) is 9.40 Å². The molecular weight excluding hydrogens is 300 g/mol. The van der Waals surface area contributed by atoms with Crippen molar-refractivity contribution >= 4 is 33.0 Å². The predicted octanol–water partition coefficient (Wildman–Crippen LogP) is 2.07. The van der Waals surface area contributed by atoms with Crippen LogP contribution in [0.2, 0.25) is 5.02 Å². The highest BCUT2D eigenvalue weighted by molar-refractivity contribution is 7.92. The average molecular weight is 315 g/mol. The lowest BCUT2D eigenvalue weighted by Gasteiger charge is -2.13. The number of nitrogens with one attached hydrogen (secondary N) is 1. The molecule has 8 heteroatoms. The van der Waals surface area contributed by atoms with Crippen LogP contribution in [0.4, 0.5) is 11.4 Å². The van der Waals surface area contributed by atoms with Gasteiger partial charge in [0, 0.05) is 12.7 Å². The summed E-state index contributed by atoms with van der Waals surface area (Å²) < 4.78 is 28.4. The molecule has 1 aromatic heterocycles. The van der Waals surface area contributed by atoms with Crippen molar-refractivity contribution in [2.75, 3.05) is 10.5 Å². The fourth-order valence-corrected chi connectivity index (χ4v) is 3.66. The molecule has 0 fully saturated rings. The van der Waals surface area contributed by atoms with Crippen LogP contribution in [-0.4, -0.2) is 18.2 Å². The molecule has 3 N–H and O–H groups in total. The summed E-state index contributed by atoms with van der Waals surface area (Å²) in [6, 6.07) is 3.41. The Balaban J connectivity index is 2.47. The van der Waals surface area contributed by atoms with E-state index >= 15 is 0 Å². The molecule has 20 heavy (non-hydrogen) atoms. The maximum atomic E-state index is 12.4. The SMILES string of the molecule is Cc1cc(C)c(NS(=O)(=O)c2c(Cl)cnn2C)cc1N. The molecule has 0 atom stereocenters. The summed E-state index contributed by atoms with van der Waals surface area (Å²) >= 11 is 5.86. The number of anilines is 2. The van der Waals surface area contributed by atoms with E-state index in [1.807, 2.05) is 13.0 Å². The number of aromatic nitrogens is 2. The molecule has 0 unspecified atom stereocenters. The zero-order valence-electron chi connectivity index (χ0n) is 11.3. The fraction of sp³-hybridized carbons (Fsp3) is 0.250. The van der Waals surface area contributed by atoms with Crippen LogP contribution in [0.3, 0.4) is 0 Å². The van der Waals surface area contributed by atoms with Gasteiger partial charge in [-0.05, 0) is 31.0 Å². The molecule has 0 radical (unpaired) electrons. The van der Waals surface area contributed by atoms with E-state index in [4.69, 9.17) is 17.3 Å². The lowest BCUT2D eigenvalue weighted by Crippen LogP contribution is -2.18. The average Bonchev–Trinajstić information content (AvgIpc) is 2.66. The van der Waals surface area contributed by atoms with Crippen LogP contribution in [-0.2, 0) is 17.1 Å². The first kappa shape index (κ1) is 14.7. The first-order valence-corrected chi connectivity index (χ1v) is 7.65. The first-order chi connectivity index (χ1) is 9.22. The van der Waals surface area contributed by atoms with Crippen LogP contribution >= 0.6 is 11.6 Å². The number of nitrogens with zero attached hydrogens (tertiary/aromatic N) is 2. The van der Waals surface area contributed by atoms with Crippen molar-refractivity contribution in [3.05, 3.63) is 34.5 Å². The summed E-state index contributed by atoms with van der Waals surface area (Å²) in [5, 5.41) is 3.80. The van der Waals surface area contributed by atoms with E-state index < -0.39 is 10.0 Å². The van der Waals surface area contributed by atoms with E-state index in [-0.39, 0.29) is 10.0 Å². The largest absolute Gasteiger partial charge is 0.398 e. The predicted molar refractivity (Wildman–Crippen MR) is 79.4 cm³/mol. The van der Waals surface area contributed by atoms with Crippen LogP contribution in [0.25, 0.3) is 0 Å². The molecule has 2 rings (SSSR count). The molecule has 0 bridgehead atoms. The van der Waals surface area contributed by atoms with Crippen molar-refractivity contribution in [3.8, 4) is 0 Å². The zero-order chi connectivity index (χ0) is 15.1. The van der Waals surface area contributed by atoms with E-state index in [9.17, 15) is 8.42 Å². The van der Waals surface area contributed by atoms with Crippen molar-refractivity contribution in [1.82, 2.24) is 9.78 Å². The van der Waals surface area contributed by atoms with Gasteiger partial charge in [0.2, 0.25) is 0 Å². The van der Waals surface area contributed by atoms with Gasteiger partial charge in [-0.1, -0.05) is 17.7 Å². The van der Waals surface area contributed by atoms with Crippen molar-refractivity contribution in [2.45, 2.75) is 18.9 Å². The molecule has 0 aliphatic heterocycles. The maximum Gasteiger partial charge on any atom is 0.280 e. The second-order valence-corrected chi connectivity index (χ2v) is 6.56. The topological polar surface area (TPSA) is 90.0 Å². The number of halogens is 1. The summed E-state index contributed by atoms with van der Waals surface area (Å²) in [4.78, 5) is 0. The summed E-state index contributed by atoms with van der Waals surface area (Å²) in [5.74, 6) is 0. The van der Waals surface area contributed by atoms with Gasteiger partial charge in [0.25, 0.3) is 10.0 Å². The molecule has 0 saturated carbocycles. The van der Waals surface area contributed by atoms with Gasteiger partial charge in [-0.25, -0.2) is 0 Å². The van der Waals surface area contributed by atoms with Crippen molar-refractivity contribution in [1.29, 1.82) is 0 Å². The number of hydrogen-bond acceptors (Lipinski definition) is 4. The van der Waals surface area contributed by atoms with E-state index in [0.717, 1.165) is 11.1 Å². The number of rotatable bonds is 3. The number of nitrogens with two attached hydrogens (primary N) is 1. The van der Waals surface area contributed by atoms with E-state index in [1.54, 1.807) is 13.0 Å². The molecule has 108 valence electrons. The molecular formula is C12H15ClN4O2S. The van der Waals surface area contributed by atoms with Gasteiger partial charge >= 0.3 is 0 Å². The quantitative estimate of drug-likeness (QED) is 0.849. The molecule has 6 nitrogen and oxygen atoms in total. The number of benzene rings is 1. The molecule has 2 aromatic rings. The van der Waals surface area contributed by atoms with Crippen molar-refractivity contribution < 1.29 is 8.42 Å². The minimum atomic E-state index is -3.82. The third-order valence-corrected chi connectivity index (χ3v) is 4.82. The fourth-order valence-electron chi connectivity index (χ4n) is 1.87. The Morgan fingerprint density at radius 1 is 1.30 bits per heavy atom. The lowest BCUT2D eigenvalue weighted by molar-refractivity contribution is 0.582. The maximum absolute atomic E-state index is 12.4.